The Morgan fingerprint density at radius 3 is 2.67 bits per heavy atom. The summed E-state index contributed by atoms with van der Waals surface area (Å²) in [6.45, 7) is 3.59. The van der Waals surface area contributed by atoms with E-state index < -0.39 is 18.5 Å². The van der Waals surface area contributed by atoms with Gasteiger partial charge < -0.3 is 18.7 Å². The Morgan fingerprint density at radius 2 is 2.04 bits per heavy atom. The van der Waals surface area contributed by atoms with Crippen molar-refractivity contribution in [3.8, 4) is 11.5 Å². The predicted octanol–water partition coefficient (Wildman–Crippen LogP) is 2.19. The van der Waals surface area contributed by atoms with Crippen molar-refractivity contribution in [2.75, 3.05) is 25.6 Å². The number of carbonyl (C=O) groups is 2. The number of nitrogens with one attached hydrogen (secondary N) is 1. The molecule has 1 heterocycles. The van der Waals surface area contributed by atoms with Crippen molar-refractivity contribution >= 4 is 17.8 Å². The third kappa shape index (κ3) is 4.48. The normalized spacial score (nSPS) is 10.1. The first-order valence-electron chi connectivity index (χ1n) is 7.24. The molecule has 24 heavy (non-hydrogen) atoms. The molecule has 1 aromatic heterocycles. The second-order valence-electron chi connectivity index (χ2n) is 4.76. The average molecular weight is 334 g/mol. The highest BCUT2D eigenvalue weighted by Gasteiger charge is 2.14. The van der Waals surface area contributed by atoms with E-state index in [1.807, 2.05) is 6.92 Å². The van der Waals surface area contributed by atoms with Crippen LogP contribution in [-0.4, -0.2) is 37.4 Å². The standard InChI is InChI=1S/C16H18N2O6/c1-4-22-12-6-5-11(8-13(12)21-3)16(20)23-9-14(19)17-15-7-10(2)18-24-15/h5-8H,4,9H2,1-3H3,(H,17,19). The summed E-state index contributed by atoms with van der Waals surface area (Å²) >= 11 is 0. The van der Waals surface area contributed by atoms with Gasteiger partial charge in [-0.1, -0.05) is 5.16 Å². The smallest absolute Gasteiger partial charge is 0.338 e. The molecule has 2 aromatic rings. The van der Waals surface area contributed by atoms with Crippen LogP contribution in [0.2, 0.25) is 0 Å². The lowest BCUT2D eigenvalue weighted by Crippen LogP contribution is -2.20. The lowest BCUT2D eigenvalue weighted by molar-refractivity contribution is -0.119. The number of anilines is 1. The van der Waals surface area contributed by atoms with Gasteiger partial charge in [0.1, 0.15) is 0 Å². The van der Waals surface area contributed by atoms with Gasteiger partial charge in [0.05, 0.1) is 25.0 Å². The maximum absolute atomic E-state index is 12.0. The Hall–Kier alpha value is -3.03. The summed E-state index contributed by atoms with van der Waals surface area (Å²) in [5, 5.41) is 6.06. The van der Waals surface area contributed by atoms with Crippen molar-refractivity contribution in [3.05, 3.63) is 35.5 Å². The third-order valence-electron chi connectivity index (χ3n) is 2.92. The molecule has 0 spiro atoms. The quantitative estimate of drug-likeness (QED) is 0.775. The topological polar surface area (TPSA) is 99.9 Å². The average Bonchev–Trinajstić information content (AvgIpc) is 2.98. The van der Waals surface area contributed by atoms with E-state index in [2.05, 4.69) is 10.5 Å². The zero-order valence-electron chi connectivity index (χ0n) is 13.6. The van der Waals surface area contributed by atoms with E-state index >= 15 is 0 Å². The number of benzene rings is 1. The van der Waals surface area contributed by atoms with Crippen molar-refractivity contribution in [1.29, 1.82) is 0 Å². The van der Waals surface area contributed by atoms with Gasteiger partial charge in [-0.25, -0.2) is 4.79 Å². The molecule has 0 aliphatic carbocycles. The Balaban J connectivity index is 1.93. The van der Waals surface area contributed by atoms with Crippen LogP contribution < -0.4 is 14.8 Å². The number of esters is 1. The molecular formula is C16H18N2O6. The lowest BCUT2D eigenvalue weighted by atomic mass is 10.2. The number of amides is 1. The largest absolute Gasteiger partial charge is 0.493 e. The second-order valence-corrected chi connectivity index (χ2v) is 4.76. The van der Waals surface area contributed by atoms with Crippen molar-refractivity contribution in [2.45, 2.75) is 13.8 Å². The minimum absolute atomic E-state index is 0.191. The SMILES string of the molecule is CCOc1ccc(C(=O)OCC(=O)Nc2cc(C)no2)cc1OC. The molecule has 8 heteroatoms. The van der Waals surface area contributed by atoms with Crippen LogP contribution in [0.4, 0.5) is 5.88 Å². The molecule has 0 unspecified atom stereocenters. The molecule has 1 amide bonds. The Labute approximate surface area is 138 Å². The maximum atomic E-state index is 12.0. The van der Waals surface area contributed by atoms with Gasteiger partial charge in [0.15, 0.2) is 18.1 Å². The lowest BCUT2D eigenvalue weighted by Gasteiger charge is -2.10. The van der Waals surface area contributed by atoms with Gasteiger partial charge in [-0.3, -0.25) is 10.1 Å². The van der Waals surface area contributed by atoms with E-state index in [1.165, 1.54) is 19.2 Å². The Bertz CT molecular complexity index is 725. The Morgan fingerprint density at radius 1 is 1.25 bits per heavy atom. The number of ether oxygens (including phenoxy) is 3. The maximum Gasteiger partial charge on any atom is 0.338 e. The summed E-state index contributed by atoms with van der Waals surface area (Å²) in [6, 6.07) is 6.19. The number of rotatable bonds is 7. The molecule has 0 aliphatic rings. The van der Waals surface area contributed by atoms with Crippen LogP contribution in [0.15, 0.2) is 28.8 Å². The van der Waals surface area contributed by atoms with Crippen LogP contribution in [0.1, 0.15) is 23.0 Å². The van der Waals surface area contributed by atoms with E-state index in [0.717, 1.165) is 0 Å². The van der Waals surface area contributed by atoms with Gasteiger partial charge >= 0.3 is 5.97 Å². The summed E-state index contributed by atoms with van der Waals surface area (Å²) < 4.78 is 20.3. The molecule has 0 radical (unpaired) electrons. The molecule has 0 saturated carbocycles. The van der Waals surface area contributed by atoms with Crippen LogP contribution in [0, 0.1) is 6.92 Å². The van der Waals surface area contributed by atoms with Gasteiger partial charge in [0, 0.05) is 6.07 Å². The van der Waals surface area contributed by atoms with Gasteiger partial charge in [-0.05, 0) is 32.0 Å². The minimum atomic E-state index is -0.653. The third-order valence-corrected chi connectivity index (χ3v) is 2.92. The molecule has 8 nitrogen and oxygen atoms in total. The number of nitrogens with zero attached hydrogens (tertiary/aromatic N) is 1. The van der Waals surface area contributed by atoms with Crippen LogP contribution in [0.25, 0.3) is 0 Å². The highest BCUT2D eigenvalue weighted by molar-refractivity contribution is 5.95. The number of aryl methyl sites for hydroxylation is 1. The van der Waals surface area contributed by atoms with E-state index in [4.69, 9.17) is 18.7 Å². The zero-order chi connectivity index (χ0) is 17.5. The van der Waals surface area contributed by atoms with E-state index in [0.29, 0.717) is 23.8 Å². The first-order valence-corrected chi connectivity index (χ1v) is 7.24. The highest BCUT2D eigenvalue weighted by atomic mass is 16.5. The number of hydrogen-bond donors (Lipinski definition) is 1. The number of hydrogen-bond acceptors (Lipinski definition) is 7. The molecule has 0 fully saturated rings. The number of carbonyl (C=O) groups excluding carboxylic acids is 2. The van der Waals surface area contributed by atoms with Gasteiger partial charge in [0.25, 0.3) is 5.91 Å². The molecule has 128 valence electrons. The summed E-state index contributed by atoms with van der Waals surface area (Å²) in [5.74, 6) is -0.0585. The molecule has 0 bridgehead atoms. The van der Waals surface area contributed by atoms with Crippen LogP contribution in [-0.2, 0) is 9.53 Å². The fourth-order valence-corrected chi connectivity index (χ4v) is 1.88. The molecule has 2 rings (SSSR count). The van der Waals surface area contributed by atoms with Gasteiger partial charge in [-0.2, -0.15) is 0 Å². The van der Waals surface area contributed by atoms with E-state index in [-0.39, 0.29) is 11.4 Å². The predicted molar refractivity (Wildman–Crippen MR) is 84.3 cm³/mol. The van der Waals surface area contributed by atoms with Crippen molar-refractivity contribution in [3.63, 3.8) is 0 Å². The van der Waals surface area contributed by atoms with Crippen LogP contribution >= 0.6 is 0 Å². The monoisotopic (exact) mass is 334 g/mol. The Kier molecular flexibility index (Phi) is 5.78. The summed E-state index contributed by atoms with van der Waals surface area (Å²) in [7, 11) is 1.47. The summed E-state index contributed by atoms with van der Waals surface area (Å²) in [5.41, 5.74) is 0.877. The number of aromatic nitrogens is 1. The van der Waals surface area contributed by atoms with Crippen LogP contribution in [0.3, 0.4) is 0 Å². The van der Waals surface area contributed by atoms with Crippen LogP contribution in [0.5, 0.6) is 11.5 Å². The zero-order valence-corrected chi connectivity index (χ0v) is 13.6. The number of methoxy groups -OCH3 is 1. The fraction of sp³-hybridized carbons (Fsp3) is 0.312. The summed E-state index contributed by atoms with van der Waals surface area (Å²) in [4.78, 5) is 23.7. The van der Waals surface area contributed by atoms with Gasteiger partial charge in [0.2, 0.25) is 5.88 Å². The second kappa shape index (κ2) is 8.00. The van der Waals surface area contributed by atoms with Gasteiger partial charge in [-0.15, -0.1) is 0 Å². The molecular weight excluding hydrogens is 316 g/mol. The minimum Gasteiger partial charge on any atom is -0.493 e. The van der Waals surface area contributed by atoms with E-state index in [1.54, 1.807) is 19.1 Å². The highest BCUT2D eigenvalue weighted by Crippen LogP contribution is 2.28. The summed E-state index contributed by atoms with van der Waals surface area (Å²) in [6.07, 6.45) is 0. The molecule has 0 saturated heterocycles. The van der Waals surface area contributed by atoms with Crippen molar-refractivity contribution in [1.82, 2.24) is 5.16 Å². The fourth-order valence-electron chi connectivity index (χ4n) is 1.88. The molecule has 0 aliphatic heterocycles. The van der Waals surface area contributed by atoms with Crippen molar-refractivity contribution in [2.24, 2.45) is 0 Å². The first-order chi connectivity index (χ1) is 11.5. The molecule has 1 N–H and O–H groups in total. The first kappa shape index (κ1) is 17.3. The molecule has 1 aromatic carbocycles. The van der Waals surface area contributed by atoms with E-state index in [9.17, 15) is 9.59 Å². The van der Waals surface area contributed by atoms with Crippen molar-refractivity contribution < 1.29 is 28.3 Å². The molecule has 0 atom stereocenters.